The summed E-state index contributed by atoms with van der Waals surface area (Å²) < 4.78 is 13.9. The Morgan fingerprint density at radius 3 is 2.76 bits per heavy atom. The van der Waals surface area contributed by atoms with Crippen LogP contribution in [0.25, 0.3) is 0 Å². The number of nitrogens with zero attached hydrogens (tertiary/aromatic N) is 1. The molecule has 1 aromatic rings. The molecule has 0 saturated carbocycles. The van der Waals surface area contributed by atoms with Crippen LogP contribution >= 0.6 is 15.9 Å². The maximum absolute atomic E-state index is 13.4. The lowest BCUT2D eigenvalue weighted by Gasteiger charge is -2.47. The molecular weight excluding hydrogens is 331 g/mol. The van der Waals surface area contributed by atoms with Gasteiger partial charge < -0.3 is 5.32 Å². The average Bonchev–Trinajstić information content (AvgIpc) is 2.43. The molecule has 1 fully saturated rings. The zero-order chi connectivity index (χ0) is 15.6. The molecule has 0 aromatic heterocycles. The van der Waals surface area contributed by atoms with Crippen LogP contribution < -0.4 is 5.32 Å². The number of hydrogen-bond donors (Lipinski definition) is 1. The van der Waals surface area contributed by atoms with Gasteiger partial charge in [-0.1, -0.05) is 26.8 Å². The van der Waals surface area contributed by atoms with E-state index < -0.39 is 0 Å². The molecule has 2 atom stereocenters. The van der Waals surface area contributed by atoms with Gasteiger partial charge in [0, 0.05) is 31.2 Å². The van der Waals surface area contributed by atoms with Crippen molar-refractivity contribution < 1.29 is 4.39 Å². The Hall–Kier alpha value is -0.450. The van der Waals surface area contributed by atoms with Crippen LogP contribution in [0.4, 0.5) is 4.39 Å². The van der Waals surface area contributed by atoms with Crippen molar-refractivity contribution in [1.82, 2.24) is 10.2 Å². The van der Waals surface area contributed by atoms with Crippen LogP contribution in [0.15, 0.2) is 22.7 Å². The van der Waals surface area contributed by atoms with E-state index in [-0.39, 0.29) is 11.4 Å². The lowest BCUT2D eigenvalue weighted by molar-refractivity contribution is 0.0539. The summed E-state index contributed by atoms with van der Waals surface area (Å²) in [5.74, 6) is 0.403. The van der Waals surface area contributed by atoms with Crippen molar-refractivity contribution in [3.05, 3.63) is 34.1 Å². The van der Waals surface area contributed by atoms with Crippen molar-refractivity contribution in [2.45, 2.75) is 52.2 Å². The highest BCUT2D eigenvalue weighted by Gasteiger charge is 2.35. The summed E-state index contributed by atoms with van der Waals surface area (Å²) in [5.41, 5.74) is 1.33. The fourth-order valence-electron chi connectivity index (χ4n) is 3.04. The van der Waals surface area contributed by atoms with Crippen LogP contribution in [0, 0.1) is 11.7 Å². The highest BCUT2D eigenvalue weighted by atomic mass is 79.9. The Kier molecular flexibility index (Phi) is 5.44. The van der Waals surface area contributed by atoms with Crippen molar-refractivity contribution in [2.24, 2.45) is 5.92 Å². The second-order valence-electron chi connectivity index (χ2n) is 6.76. The van der Waals surface area contributed by atoms with E-state index >= 15 is 0 Å². The first kappa shape index (κ1) is 16.9. The first-order chi connectivity index (χ1) is 9.84. The zero-order valence-electron chi connectivity index (χ0n) is 13.4. The molecular formula is C17H26BrFN2. The molecule has 0 amide bonds. The fraction of sp³-hybridized carbons (Fsp3) is 0.647. The van der Waals surface area contributed by atoms with Crippen molar-refractivity contribution in [3.63, 3.8) is 0 Å². The third-order valence-corrected chi connectivity index (χ3v) is 5.29. The maximum atomic E-state index is 13.4. The van der Waals surface area contributed by atoms with Crippen molar-refractivity contribution in [1.29, 1.82) is 0 Å². The molecule has 4 heteroatoms. The summed E-state index contributed by atoms with van der Waals surface area (Å²) in [6.07, 6.45) is 1.11. The average molecular weight is 357 g/mol. The lowest BCUT2D eigenvalue weighted by atomic mass is 9.89. The Balaban J connectivity index is 2.17. The van der Waals surface area contributed by atoms with E-state index in [2.05, 4.69) is 53.8 Å². The summed E-state index contributed by atoms with van der Waals surface area (Å²) >= 11 is 3.29. The van der Waals surface area contributed by atoms with Gasteiger partial charge in [0.05, 0.1) is 4.47 Å². The van der Waals surface area contributed by atoms with Crippen LogP contribution in [-0.2, 0) is 6.54 Å². The van der Waals surface area contributed by atoms with Gasteiger partial charge in [-0.2, -0.15) is 0 Å². The topological polar surface area (TPSA) is 15.3 Å². The normalized spacial score (nSPS) is 27.3. The fourth-order valence-corrected chi connectivity index (χ4v) is 3.47. The second kappa shape index (κ2) is 6.76. The molecule has 1 saturated heterocycles. The van der Waals surface area contributed by atoms with E-state index in [1.54, 1.807) is 6.07 Å². The minimum Gasteiger partial charge on any atom is -0.309 e. The third-order valence-electron chi connectivity index (χ3n) is 4.68. The molecule has 1 N–H and O–H groups in total. The van der Waals surface area contributed by atoms with Crippen LogP contribution in [0.3, 0.4) is 0 Å². The molecule has 1 aromatic carbocycles. The lowest BCUT2D eigenvalue weighted by Crippen LogP contribution is -2.63. The van der Waals surface area contributed by atoms with Crippen LogP contribution in [-0.4, -0.2) is 29.6 Å². The van der Waals surface area contributed by atoms with E-state index in [9.17, 15) is 4.39 Å². The number of halogens is 2. The van der Waals surface area contributed by atoms with Gasteiger partial charge in [0.15, 0.2) is 0 Å². The van der Waals surface area contributed by atoms with Crippen LogP contribution in [0.1, 0.15) is 39.7 Å². The number of hydrogen-bond acceptors (Lipinski definition) is 2. The molecule has 0 bridgehead atoms. The van der Waals surface area contributed by atoms with Crippen LogP contribution in [0.5, 0.6) is 0 Å². The first-order valence-electron chi connectivity index (χ1n) is 7.77. The Labute approximate surface area is 136 Å². The molecule has 1 aliphatic rings. The molecule has 1 aliphatic heterocycles. The van der Waals surface area contributed by atoms with Gasteiger partial charge in [0.25, 0.3) is 0 Å². The zero-order valence-corrected chi connectivity index (χ0v) is 15.0. The summed E-state index contributed by atoms with van der Waals surface area (Å²) in [5, 5.41) is 3.70. The predicted molar refractivity (Wildman–Crippen MR) is 89.8 cm³/mol. The summed E-state index contributed by atoms with van der Waals surface area (Å²) in [7, 11) is 0. The van der Waals surface area contributed by atoms with E-state index in [1.807, 2.05) is 12.1 Å². The molecule has 2 nitrogen and oxygen atoms in total. The monoisotopic (exact) mass is 356 g/mol. The number of piperazine rings is 1. The van der Waals surface area contributed by atoms with Crippen molar-refractivity contribution >= 4 is 15.9 Å². The Morgan fingerprint density at radius 2 is 2.19 bits per heavy atom. The van der Waals surface area contributed by atoms with E-state index in [0.29, 0.717) is 16.4 Å². The molecule has 0 radical (unpaired) electrons. The molecule has 21 heavy (non-hydrogen) atoms. The summed E-state index contributed by atoms with van der Waals surface area (Å²) in [6, 6.07) is 5.86. The third kappa shape index (κ3) is 4.05. The largest absolute Gasteiger partial charge is 0.309 e. The number of benzene rings is 1. The molecule has 2 unspecified atom stereocenters. The van der Waals surface area contributed by atoms with Gasteiger partial charge in [-0.25, -0.2) is 4.39 Å². The molecule has 0 aliphatic carbocycles. The minimum atomic E-state index is -0.196. The standard InChI is InChI=1S/C17H26BrFN2/c1-5-17(4)11-21(16(9-20-17)12(2)3)10-13-6-7-15(19)14(18)8-13/h6-8,12,16,20H,5,9-11H2,1-4H3. The number of rotatable bonds is 4. The summed E-state index contributed by atoms with van der Waals surface area (Å²) in [6.45, 7) is 12.0. The van der Waals surface area contributed by atoms with E-state index in [0.717, 1.165) is 31.6 Å². The SMILES string of the molecule is CCC1(C)CN(Cc2ccc(F)c(Br)c2)C(C(C)C)CN1. The van der Waals surface area contributed by atoms with Gasteiger partial charge in [0.1, 0.15) is 5.82 Å². The van der Waals surface area contributed by atoms with Gasteiger partial charge in [-0.05, 0) is 52.9 Å². The summed E-state index contributed by atoms with van der Waals surface area (Å²) in [4.78, 5) is 2.55. The van der Waals surface area contributed by atoms with Gasteiger partial charge in [0.2, 0.25) is 0 Å². The quantitative estimate of drug-likeness (QED) is 0.869. The molecule has 0 spiro atoms. The minimum absolute atomic E-state index is 0.169. The van der Waals surface area contributed by atoms with Gasteiger partial charge in [-0.3, -0.25) is 4.90 Å². The second-order valence-corrected chi connectivity index (χ2v) is 7.61. The smallest absolute Gasteiger partial charge is 0.137 e. The highest BCUT2D eigenvalue weighted by molar-refractivity contribution is 9.10. The van der Waals surface area contributed by atoms with Gasteiger partial charge in [-0.15, -0.1) is 0 Å². The van der Waals surface area contributed by atoms with E-state index in [1.165, 1.54) is 0 Å². The van der Waals surface area contributed by atoms with Crippen LogP contribution in [0.2, 0.25) is 0 Å². The Morgan fingerprint density at radius 1 is 1.48 bits per heavy atom. The first-order valence-corrected chi connectivity index (χ1v) is 8.57. The van der Waals surface area contributed by atoms with Crippen molar-refractivity contribution in [2.75, 3.05) is 13.1 Å². The van der Waals surface area contributed by atoms with Gasteiger partial charge >= 0.3 is 0 Å². The molecule has 1 heterocycles. The molecule has 118 valence electrons. The predicted octanol–water partition coefficient (Wildman–Crippen LogP) is 4.19. The Bertz CT molecular complexity index is 492. The van der Waals surface area contributed by atoms with Crippen molar-refractivity contribution in [3.8, 4) is 0 Å². The van der Waals surface area contributed by atoms with E-state index in [4.69, 9.17) is 0 Å². The molecule has 2 rings (SSSR count). The maximum Gasteiger partial charge on any atom is 0.137 e. The highest BCUT2D eigenvalue weighted by Crippen LogP contribution is 2.26. The number of nitrogens with one attached hydrogen (secondary N) is 1.